The molecule has 0 aliphatic rings. The molecule has 1 rings (SSSR count). The van der Waals surface area contributed by atoms with Gasteiger partial charge in [0.15, 0.2) is 5.78 Å². The van der Waals surface area contributed by atoms with E-state index in [2.05, 4.69) is 6.58 Å². The van der Waals surface area contributed by atoms with E-state index < -0.39 is 11.7 Å². The van der Waals surface area contributed by atoms with Crippen molar-refractivity contribution in [2.24, 2.45) is 0 Å². The Morgan fingerprint density at radius 3 is 2.25 bits per heavy atom. The van der Waals surface area contributed by atoms with Gasteiger partial charge in [-0.3, -0.25) is 4.79 Å². The standard InChI is InChI=1S/C12H11F3O/c1-7(2)11(16)10-5-4-9(6-8(10)3)12(13,14)15/h4-6H,1H2,2-3H3. The summed E-state index contributed by atoms with van der Waals surface area (Å²) in [5.74, 6) is -0.328. The van der Waals surface area contributed by atoms with E-state index >= 15 is 0 Å². The third-order valence-electron chi connectivity index (χ3n) is 2.19. The number of hydrogen-bond acceptors (Lipinski definition) is 1. The van der Waals surface area contributed by atoms with Gasteiger partial charge in [0.05, 0.1) is 5.56 Å². The predicted molar refractivity (Wildman–Crippen MR) is 55.3 cm³/mol. The molecule has 0 spiro atoms. The number of allylic oxidation sites excluding steroid dienone is 1. The summed E-state index contributed by atoms with van der Waals surface area (Å²) in [5.41, 5.74) is 0.134. The fraction of sp³-hybridized carbons (Fsp3) is 0.250. The second-order valence-electron chi connectivity index (χ2n) is 3.64. The lowest BCUT2D eigenvalue weighted by Crippen LogP contribution is -2.08. The van der Waals surface area contributed by atoms with Crippen LogP contribution < -0.4 is 0 Å². The van der Waals surface area contributed by atoms with Gasteiger partial charge in [0.2, 0.25) is 0 Å². The lowest BCUT2D eigenvalue weighted by Gasteiger charge is -2.10. The molecule has 0 aromatic heterocycles. The highest BCUT2D eigenvalue weighted by Gasteiger charge is 2.30. The highest BCUT2D eigenvalue weighted by atomic mass is 19.4. The summed E-state index contributed by atoms with van der Waals surface area (Å²) in [6.45, 7) is 6.48. The van der Waals surface area contributed by atoms with E-state index in [1.54, 1.807) is 0 Å². The number of hydrogen-bond donors (Lipinski definition) is 0. The van der Waals surface area contributed by atoms with E-state index in [-0.39, 0.29) is 11.3 Å². The first-order valence-corrected chi connectivity index (χ1v) is 4.61. The van der Waals surface area contributed by atoms with E-state index in [0.29, 0.717) is 11.1 Å². The SMILES string of the molecule is C=C(C)C(=O)c1ccc(C(F)(F)F)cc1C. The molecule has 0 atom stereocenters. The number of carbonyl (C=O) groups excluding carboxylic acids is 1. The minimum Gasteiger partial charge on any atom is -0.289 e. The summed E-state index contributed by atoms with van der Waals surface area (Å²) in [4.78, 5) is 11.5. The van der Waals surface area contributed by atoms with Gasteiger partial charge in [-0.1, -0.05) is 12.6 Å². The van der Waals surface area contributed by atoms with Crippen LogP contribution in [0.5, 0.6) is 0 Å². The molecule has 1 aromatic carbocycles. The summed E-state index contributed by atoms with van der Waals surface area (Å²) < 4.78 is 37.1. The first-order valence-electron chi connectivity index (χ1n) is 4.61. The summed E-state index contributed by atoms with van der Waals surface area (Å²) >= 11 is 0. The Morgan fingerprint density at radius 2 is 1.88 bits per heavy atom. The van der Waals surface area contributed by atoms with Crippen LogP contribution in [0.1, 0.15) is 28.4 Å². The summed E-state index contributed by atoms with van der Waals surface area (Å²) in [6, 6.07) is 3.06. The molecule has 0 radical (unpaired) electrons. The van der Waals surface area contributed by atoms with Crippen molar-refractivity contribution >= 4 is 5.78 Å². The molecule has 1 aromatic rings. The Morgan fingerprint density at radius 1 is 1.31 bits per heavy atom. The van der Waals surface area contributed by atoms with E-state index in [0.717, 1.165) is 12.1 Å². The Labute approximate surface area is 91.6 Å². The number of rotatable bonds is 2. The minimum absolute atomic E-state index is 0.264. The molecule has 0 saturated carbocycles. The maximum atomic E-state index is 12.4. The second-order valence-corrected chi connectivity index (χ2v) is 3.64. The van der Waals surface area contributed by atoms with Crippen LogP contribution in [0.25, 0.3) is 0 Å². The van der Waals surface area contributed by atoms with Gasteiger partial charge in [-0.15, -0.1) is 0 Å². The molecular formula is C12H11F3O. The topological polar surface area (TPSA) is 17.1 Å². The molecule has 0 bridgehead atoms. The molecule has 0 amide bonds. The first kappa shape index (κ1) is 12.5. The van der Waals surface area contributed by atoms with Crippen molar-refractivity contribution < 1.29 is 18.0 Å². The van der Waals surface area contributed by atoms with Crippen LogP contribution in [0.2, 0.25) is 0 Å². The van der Waals surface area contributed by atoms with E-state index in [9.17, 15) is 18.0 Å². The van der Waals surface area contributed by atoms with Crippen LogP contribution in [0.4, 0.5) is 13.2 Å². The monoisotopic (exact) mass is 228 g/mol. The smallest absolute Gasteiger partial charge is 0.289 e. The number of benzene rings is 1. The highest BCUT2D eigenvalue weighted by molar-refractivity contribution is 6.08. The zero-order valence-electron chi connectivity index (χ0n) is 8.98. The lowest BCUT2D eigenvalue weighted by molar-refractivity contribution is -0.137. The van der Waals surface area contributed by atoms with Gasteiger partial charge in [0, 0.05) is 5.56 Å². The van der Waals surface area contributed by atoms with E-state index in [1.165, 1.54) is 19.9 Å². The molecule has 0 fully saturated rings. The highest BCUT2D eigenvalue weighted by Crippen LogP contribution is 2.30. The predicted octanol–water partition coefficient (Wildman–Crippen LogP) is 3.77. The van der Waals surface area contributed by atoms with E-state index in [1.807, 2.05) is 0 Å². The van der Waals surface area contributed by atoms with Crippen molar-refractivity contribution in [3.8, 4) is 0 Å². The van der Waals surface area contributed by atoms with Gasteiger partial charge in [-0.2, -0.15) is 13.2 Å². The molecule has 4 heteroatoms. The third-order valence-corrected chi connectivity index (χ3v) is 2.19. The van der Waals surface area contributed by atoms with Gasteiger partial charge in [0.1, 0.15) is 0 Å². The van der Waals surface area contributed by atoms with Gasteiger partial charge in [0.25, 0.3) is 0 Å². The summed E-state index contributed by atoms with van der Waals surface area (Å²) in [5, 5.41) is 0. The molecule has 0 saturated heterocycles. The molecule has 0 aliphatic heterocycles. The number of ketones is 1. The van der Waals surface area contributed by atoms with Gasteiger partial charge >= 0.3 is 6.18 Å². The molecule has 1 nitrogen and oxygen atoms in total. The van der Waals surface area contributed by atoms with E-state index in [4.69, 9.17) is 0 Å². The molecular weight excluding hydrogens is 217 g/mol. The van der Waals surface area contributed by atoms with Crippen LogP contribution in [-0.4, -0.2) is 5.78 Å². The average Bonchev–Trinajstić information content (AvgIpc) is 2.15. The first-order chi connectivity index (χ1) is 7.23. The molecule has 0 N–H and O–H groups in total. The fourth-order valence-electron chi connectivity index (χ4n) is 1.32. The number of aryl methyl sites for hydroxylation is 1. The minimum atomic E-state index is -4.38. The van der Waals surface area contributed by atoms with Gasteiger partial charge < -0.3 is 0 Å². The molecule has 16 heavy (non-hydrogen) atoms. The van der Waals surface area contributed by atoms with Crippen molar-refractivity contribution in [1.29, 1.82) is 0 Å². The Bertz CT molecular complexity index is 444. The maximum absolute atomic E-state index is 12.4. The van der Waals surface area contributed by atoms with Crippen LogP contribution in [0.15, 0.2) is 30.4 Å². The molecule has 0 heterocycles. The molecule has 0 unspecified atom stereocenters. The van der Waals surface area contributed by atoms with Crippen LogP contribution in [0, 0.1) is 6.92 Å². The van der Waals surface area contributed by atoms with Crippen molar-refractivity contribution in [3.05, 3.63) is 47.0 Å². The normalized spacial score (nSPS) is 11.3. The zero-order valence-corrected chi connectivity index (χ0v) is 8.98. The Kier molecular flexibility index (Phi) is 3.21. The zero-order chi connectivity index (χ0) is 12.5. The number of halogens is 3. The second kappa shape index (κ2) is 4.12. The molecule has 86 valence electrons. The summed E-state index contributed by atoms with van der Waals surface area (Å²) in [6.07, 6.45) is -4.38. The van der Waals surface area contributed by atoms with Crippen LogP contribution in [0.3, 0.4) is 0 Å². The number of alkyl halides is 3. The summed E-state index contributed by atoms with van der Waals surface area (Å²) in [7, 11) is 0. The van der Waals surface area contributed by atoms with Crippen LogP contribution >= 0.6 is 0 Å². The van der Waals surface area contributed by atoms with Gasteiger partial charge in [-0.25, -0.2) is 0 Å². The third kappa shape index (κ3) is 2.51. The number of Topliss-reactive ketones (excluding diaryl/α,β-unsaturated/α-hetero) is 1. The largest absolute Gasteiger partial charge is 0.416 e. The van der Waals surface area contributed by atoms with Crippen molar-refractivity contribution in [2.45, 2.75) is 20.0 Å². The molecule has 0 aliphatic carbocycles. The Balaban J connectivity index is 3.20. The van der Waals surface area contributed by atoms with Crippen molar-refractivity contribution in [1.82, 2.24) is 0 Å². The lowest BCUT2D eigenvalue weighted by atomic mass is 9.98. The van der Waals surface area contributed by atoms with Crippen molar-refractivity contribution in [2.75, 3.05) is 0 Å². The quantitative estimate of drug-likeness (QED) is 0.556. The van der Waals surface area contributed by atoms with Gasteiger partial charge in [-0.05, 0) is 37.1 Å². The Hall–Kier alpha value is -1.58. The van der Waals surface area contributed by atoms with Crippen molar-refractivity contribution in [3.63, 3.8) is 0 Å². The maximum Gasteiger partial charge on any atom is 0.416 e. The fourth-order valence-corrected chi connectivity index (χ4v) is 1.32. The number of carbonyl (C=O) groups is 1. The average molecular weight is 228 g/mol. The van der Waals surface area contributed by atoms with Crippen LogP contribution in [-0.2, 0) is 6.18 Å².